The van der Waals surface area contributed by atoms with E-state index in [0.29, 0.717) is 41.8 Å². The fraction of sp³-hybridized carbons (Fsp3) is 0.773. The molecule has 8 atom stereocenters. The third-order valence-electron chi connectivity index (χ3n) is 10.4. The molecule has 1 aliphatic carbocycles. The van der Waals surface area contributed by atoms with E-state index in [9.17, 15) is 34.5 Å². The molecule has 1 heterocycles. The Balaban J connectivity index is 0. The zero-order valence-electron chi connectivity index (χ0n) is 37.7. The second kappa shape index (κ2) is 34.2. The summed E-state index contributed by atoms with van der Waals surface area (Å²) in [5.41, 5.74) is 0.476. The van der Waals surface area contributed by atoms with Crippen molar-refractivity contribution >= 4 is 35.8 Å². The Bertz CT molecular complexity index is 1260. The van der Waals surface area contributed by atoms with E-state index in [1.54, 1.807) is 7.11 Å². The number of rotatable bonds is 23. The molecule has 0 aromatic heterocycles. The molecule has 1 saturated heterocycles. The molecule has 14 nitrogen and oxygen atoms in total. The number of ether oxygens (including phenoxy) is 3. The Morgan fingerprint density at radius 1 is 0.983 bits per heavy atom. The highest BCUT2D eigenvalue weighted by Crippen LogP contribution is 2.31. The van der Waals surface area contributed by atoms with Crippen molar-refractivity contribution in [3.05, 3.63) is 36.0 Å². The van der Waals surface area contributed by atoms with Crippen LogP contribution >= 0.6 is 12.2 Å². The molecule has 0 aromatic rings. The highest BCUT2D eigenvalue weighted by molar-refractivity contribution is 7.91. The lowest BCUT2D eigenvalue weighted by Gasteiger charge is -2.41. The number of nitrogens with zero attached hydrogens (tertiary/aromatic N) is 1. The minimum absolute atomic E-state index is 0.00791. The molecule has 0 spiro atoms. The van der Waals surface area contributed by atoms with Gasteiger partial charge in [-0.05, 0) is 83.5 Å². The highest BCUT2D eigenvalue weighted by atomic mass is 32.2. The fourth-order valence-electron chi connectivity index (χ4n) is 7.08. The zero-order chi connectivity index (χ0) is 45.6. The van der Waals surface area contributed by atoms with Crippen LogP contribution in [-0.4, -0.2) is 118 Å². The number of aliphatic hydroxyl groups excluding tert-OH is 3. The van der Waals surface area contributed by atoms with Crippen molar-refractivity contribution in [2.75, 3.05) is 34.5 Å². The molecular weight excluding hydrogens is 781 g/mol. The Morgan fingerprint density at radius 3 is 2.15 bits per heavy atom. The van der Waals surface area contributed by atoms with Crippen LogP contribution in [0.25, 0.3) is 0 Å². The quantitative estimate of drug-likeness (QED) is 0.0190. The first-order chi connectivity index (χ1) is 28.1. The predicted octanol–water partition coefficient (Wildman–Crippen LogP) is 7.90. The van der Waals surface area contributed by atoms with E-state index in [4.69, 9.17) is 23.9 Å². The summed E-state index contributed by atoms with van der Waals surface area (Å²) < 4.78 is 27.0. The van der Waals surface area contributed by atoms with Crippen LogP contribution in [0.1, 0.15) is 138 Å². The molecule has 2 aliphatic rings. The minimum atomic E-state index is -2.25. The first kappa shape index (κ1) is 58.6. The normalized spacial score (nSPS) is 24.1. The fourth-order valence-corrected chi connectivity index (χ4v) is 7.50. The molecule has 2 rings (SSSR count). The van der Waals surface area contributed by atoms with Gasteiger partial charge in [0.1, 0.15) is 11.9 Å². The van der Waals surface area contributed by atoms with Gasteiger partial charge in [0.15, 0.2) is 0 Å². The van der Waals surface area contributed by atoms with Crippen molar-refractivity contribution < 1.29 is 58.4 Å². The maximum absolute atomic E-state index is 12.8. The topological polar surface area (TPSA) is 212 Å². The highest BCUT2D eigenvalue weighted by Gasteiger charge is 2.54. The summed E-state index contributed by atoms with van der Waals surface area (Å²) in [6.07, 6.45) is 13.9. The van der Waals surface area contributed by atoms with Gasteiger partial charge in [-0.3, -0.25) is 14.4 Å². The Morgan fingerprint density at radius 2 is 1.63 bits per heavy atom. The number of aliphatic hydroxyl groups is 3. The van der Waals surface area contributed by atoms with Gasteiger partial charge in [-0.2, -0.15) is 0 Å². The van der Waals surface area contributed by atoms with Gasteiger partial charge < -0.3 is 39.2 Å². The smallest absolute Gasteiger partial charge is 0.414 e. The van der Waals surface area contributed by atoms with Crippen LogP contribution in [-0.2, 0) is 28.6 Å². The number of Topliss-reactive ketones (excluding diaryl/α,β-unsaturated/α-hetero) is 2. The van der Waals surface area contributed by atoms with Crippen molar-refractivity contribution in [1.29, 1.82) is 0 Å². The lowest BCUT2D eigenvalue weighted by Crippen LogP contribution is -2.67. The van der Waals surface area contributed by atoms with E-state index in [-0.39, 0.29) is 49.9 Å². The molecule has 5 unspecified atom stereocenters. The lowest BCUT2D eigenvalue weighted by atomic mass is 9.83. The number of ketones is 2. The molecular formula is C44H80N2O12S. The first-order valence-electron chi connectivity index (χ1n) is 21.3. The molecule has 1 saturated carbocycles. The summed E-state index contributed by atoms with van der Waals surface area (Å²) >= 11 is -0.00791. The monoisotopic (exact) mass is 861 g/mol. The molecule has 0 aromatic carbocycles. The van der Waals surface area contributed by atoms with Gasteiger partial charge in [-0.25, -0.2) is 14.4 Å². The van der Waals surface area contributed by atoms with Crippen molar-refractivity contribution in [2.24, 2.45) is 17.8 Å². The maximum atomic E-state index is 12.8. The molecule has 2 amide bonds. The number of methoxy groups -OCH3 is 2. The van der Waals surface area contributed by atoms with E-state index in [1.807, 2.05) is 26.8 Å². The Kier molecular flexibility index (Phi) is 33.9. The first-order valence-corrected chi connectivity index (χ1v) is 22.1. The van der Waals surface area contributed by atoms with E-state index < -0.39 is 35.7 Å². The van der Waals surface area contributed by atoms with E-state index in [2.05, 4.69) is 51.1 Å². The van der Waals surface area contributed by atoms with E-state index >= 15 is 0 Å². The van der Waals surface area contributed by atoms with E-state index in [0.717, 1.165) is 58.5 Å². The summed E-state index contributed by atoms with van der Waals surface area (Å²) in [5.74, 6) is -1.31. The Labute approximate surface area is 359 Å². The molecule has 0 bridgehead atoms. The van der Waals surface area contributed by atoms with Crippen LogP contribution in [0.2, 0.25) is 0 Å². The molecule has 6 N–H and O–H groups in total. The summed E-state index contributed by atoms with van der Waals surface area (Å²) in [4.78, 5) is 49.5. The number of carbonyl (C=O) groups excluding carboxylic acids is 3. The van der Waals surface area contributed by atoms with Crippen LogP contribution in [0.5, 0.6) is 0 Å². The van der Waals surface area contributed by atoms with Gasteiger partial charge in [0.05, 0.1) is 37.1 Å². The van der Waals surface area contributed by atoms with Crippen molar-refractivity contribution in [2.45, 2.75) is 168 Å². The maximum Gasteiger partial charge on any atom is 0.414 e. The van der Waals surface area contributed by atoms with Gasteiger partial charge in [0.2, 0.25) is 5.72 Å². The third-order valence-corrected chi connectivity index (χ3v) is 10.8. The summed E-state index contributed by atoms with van der Waals surface area (Å²) in [5, 5.41) is 36.5. The number of imide groups is 1. The summed E-state index contributed by atoms with van der Waals surface area (Å²) in [7, 11) is 4.08. The molecule has 0 radical (unpaired) electrons. The molecule has 59 heavy (non-hydrogen) atoms. The van der Waals surface area contributed by atoms with Crippen LogP contribution in [0.3, 0.4) is 0 Å². The molecule has 344 valence electrons. The second-order valence-corrected chi connectivity index (χ2v) is 15.5. The van der Waals surface area contributed by atoms with Gasteiger partial charge in [0, 0.05) is 46.6 Å². The molecule has 15 heteroatoms. The van der Waals surface area contributed by atoms with E-state index in [1.165, 1.54) is 31.1 Å². The van der Waals surface area contributed by atoms with Crippen molar-refractivity contribution in [3.63, 3.8) is 0 Å². The predicted molar refractivity (Wildman–Crippen MR) is 235 cm³/mol. The third kappa shape index (κ3) is 21.8. The van der Waals surface area contributed by atoms with Crippen molar-refractivity contribution in [1.82, 2.24) is 9.62 Å². The SMILES string of the molecule is C=CC[C@H](/C=C(\C)CCCC)C(=O)CC[C@@H](C)C/C(C)=C/C1CC[C@@H](O)C(OC)C1.CC.CCCCCN(C(=O)O)C(=O)C(=O)C1(NSO)OCC(OC)CC1O.CO. The number of carboxylic acid groups (broad SMARTS) is 1. The number of amides is 2. The zero-order valence-corrected chi connectivity index (χ0v) is 38.6. The van der Waals surface area contributed by atoms with Gasteiger partial charge in [0.25, 0.3) is 5.78 Å². The second-order valence-electron chi connectivity index (χ2n) is 15.1. The van der Waals surface area contributed by atoms with Crippen LogP contribution in [0.15, 0.2) is 36.0 Å². The van der Waals surface area contributed by atoms with Gasteiger partial charge in [-0.15, -0.1) is 6.58 Å². The van der Waals surface area contributed by atoms with Crippen LogP contribution in [0, 0.1) is 17.8 Å². The number of hydrogen-bond acceptors (Lipinski definition) is 13. The van der Waals surface area contributed by atoms with Gasteiger partial charge in [-0.1, -0.05) is 83.3 Å². The number of nitrogens with one attached hydrogen (secondary N) is 1. The average molecular weight is 861 g/mol. The van der Waals surface area contributed by atoms with Gasteiger partial charge >= 0.3 is 12.0 Å². The largest absolute Gasteiger partial charge is 0.465 e. The number of unbranched alkanes of at least 4 members (excludes halogenated alkanes) is 3. The number of allylic oxidation sites excluding steroid dienone is 5. The number of carbonyl (C=O) groups is 4. The molecule has 2 fully saturated rings. The minimum Gasteiger partial charge on any atom is -0.465 e. The molecule has 1 aliphatic heterocycles. The Hall–Kier alpha value is -2.47. The standard InChI is InChI=1S/C27H46O3.C14H24N2O8S.C2H6.CH4O/c1-7-9-11-20(3)18-24(10-8-2)25(28)14-12-21(4)16-22(5)17-23-13-15-26(29)27(19-23)30-6;1-3-4-5-6-16(13(20)21)12(19)11(18)14(15-25-22)10(17)7-9(23-2)8-24-14;2*1-2/h8,17-18,21,23-24,26-27,29H,2,7,9-16,19H2,1,3-6H3;9-10,15,17,22H,3-8H2,1-2H3,(H,20,21);1-2H3;2H,1H3/b20-18+,22-17+;;;/t21-,23?,24-,26-,27?;;;/m1.../s1. The average Bonchev–Trinajstić information content (AvgIpc) is 3.23. The summed E-state index contributed by atoms with van der Waals surface area (Å²) in [6, 6.07) is 0. The summed E-state index contributed by atoms with van der Waals surface area (Å²) in [6.45, 7) is 18.3. The van der Waals surface area contributed by atoms with Crippen molar-refractivity contribution in [3.8, 4) is 0 Å². The lowest BCUT2D eigenvalue weighted by molar-refractivity contribution is -0.202. The van der Waals surface area contributed by atoms with Crippen LogP contribution < -0.4 is 4.72 Å². The van der Waals surface area contributed by atoms with Crippen LogP contribution in [0.4, 0.5) is 4.79 Å². The number of hydrogen-bond donors (Lipinski definition) is 6.